The van der Waals surface area contributed by atoms with E-state index in [4.69, 9.17) is 0 Å². The highest BCUT2D eigenvalue weighted by Gasteiger charge is 2.36. The molecule has 0 spiro atoms. The molecule has 2 amide bonds. The lowest BCUT2D eigenvalue weighted by Gasteiger charge is -2.36. The summed E-state index contributed by atoms with van der Waals surface area (Å²) in [5.41, 5.74) is 3.63. The van der Waals surface area contributed by atoms with E-state index in [0.717, 1.165) is 22.2 Å². The molecule has 0 radical (unpaired) electrons. The van der Waals surface area contributed by atoms with E-state index in [0.29, 0.717) is 24.2 Å². The molecule has 2 heterocycles. The fourth-order valence-electron chi connectivity index (χ4n) is 4.24. The van der Waals surface area contributed by atoms with Crippen molar-refractivity contribution in [3.05, 3.63) is 101 Å². The van der Waals surface area contributed by atoms with Crippen molar-refractivity contribution in [2.45, 2.75) is 12.5 Å². The van der Waals surface area contributed by atoms with Gasteiger partial charge in [-0.3, -0.25) is 0 Å². The number of fused-ring (bicyclic) bond motifs is 3. The second-order valence-electron chi connectivity index (χ2n) is 7.37. The smallest absolute Gasteiger partial charge is 0.322 e. The van der Waals surface area contributed by atoms with Crippen molar-refractivity contribution in [1.82, 2.24) is 9.88 Å². The van der Waals surface area contributed by atoms with Gasteiger partial charge in [0.25, 0.3) is 0 Å². The molecule has 2 N–H and O–H groups in total. The predicted octanol–water partition coefficient (Wildman–Crippen LogP) is 5.63. The third-order valence-corrected chi connectivity index (χ3v) is 5.57. The summed E-state index contributed by atoms with van der Waals surface area (Å²) in [6, 6.07) is 19.1. The van der Waals surface area contributed by atoms with Crippen molar-refractivity contribution >= 4 is 22.6 Å². The van der Waals surface area contributed by atoms with Crippen molar-refractivity contribution in [1.29, 1.82) is 0 Å². The molecule has 6 heteroatoms. The Hall–Kier alpha value is -3.67. The minimum Gasteiger partial charge on any atom is -0.356 e. The molecule has 1 atom stereocenters. The van der Waals surface area contributed by atoms with Gasteiger partial charge in [0, 0.05) is 34.4 Å². The third-order valence-electron chi connectivity index (χ3n) is 5.57. The van der Waals surface area contributed by atoms with Crippen LogP contribution in [0.5, 0.6) is 0 Å². The number of anilines is 1. The first-order valence-corrected chi connectivity index (χ1v) is 9.79. The molecule has 1 unspecified atom stereocenters. The van der Waals surface area contributed by atoms with E-state index in [1.165, 1.54) is 24.3 Å². The quantitative estimate of drug-likeness (QED) is 0.448. The van der Waals surface area contributed by atoms with E-state index in [9.17, 15) is 13.6 Å². The molecule has 1 aromatic heterocycles. The number of halogens is 2. The van der Waals surface area contributed by atoms with Gasteiger partial charge in [-0.25, -0.2) is 13.6 Å². The Bertz CT molecular complexity index is 1250. The molecule has 1 aliphatic heterocycles. The summed E-state index contributed by atoms with van der Waals surface area (Å²) >= 11 is 0. The molecule has 0 bridgehead atoms. The molecule has 30 heavy (non-hydrogen) atoms. The Morgan fingerprint density at radius 3 is 2.63 bits per heavy atom. The van der Waals surface area contributed by atoms with Crippen molar-refractivity contribution in [3.63, 3.8) is 0 Å². The maximum absolute atomic E-state index is 14.8. The summed E-state index contributed by atoms with van der Waals surface area (Å²) < 4.78 is 28.4. The van der Waals surface area contributed by atoms with Gasteiger partial charge in [-0.2, -0.15) is 0 Å². The highest BCUT2D eigenvalue weighted by Crippen LogP contribution is 2.39. The number of carbonyl (C=O) groups is 1. The van der Waals surface area contributed by atoms with Gasteiger partial charge in [0.2, 0.25) is 0 Å². The minimum absolute atomic E-state index is 0.356. The van der Waals surface area contributed by atoms with Gasteiger partial charge in [0.05, 0.1) is 0 Å². The number of benzene rings is 3. The van der Waals surface area contributed by atoms with Crippen LogP contribution in [0, 0.1) is 11.6 Å². The number of urea groups is 1. The van der Waals surface area contributed by atoms with Crippen LogP contribution in [0.1, 0.15) is 22.9 Å². The SMILES string of the molecule is O=C(Nc1cccc(F)c1)N1CCc2c([nH]c3ccccc23)C1c1ccccc1F. The van der Waals surface area contributed by atoms with Crippen LogP contribution in [0.2, 0.25) is 0 Å². The number of hydrogen-bond donors (Lipinski definition) is 2. The Morgan fingerprint density at radius 1 is 1.00 bits per heavy atom. The summed E-state index contributed by atoms with van der Waals surface area (Å²) in [6.07, 6.45) is 0.640. The molecular formula is C24H19F2N3O. The normalized spacial score (nSPS) is 15.8. The predicted molar refractivity (Wildman–Crippen MR) is 112 cm³/mol. The monoisotopic (exact) mass is 403 g/mol. The van der Waals surface area contributed by atoms with E-state index in [1.54, 1.807) is 29.2 Å². The van der Waals surface area contributed by atoms with Gasteiger partial charge in [-0.05, 0) is 42.3 Å². The maximum atomic E-state index is 14.8. The molecule has 0 aliphatic carbocycles. The number of carbonyl (C=O) groups excluding carboxylic acids is 1. The number of aromatic nitrogens is 1. The molecule has 1 aliphatic rings. The van der Waals surface area contributed by atoms with Crippen LogP contribution in [-0.2, 0) is 6.42 Å². The van der Waals surface area contributed by atoms with Crippen LogP contribution in [-0.4, -0.2) is 22.5 Å². The topological polar surface area (TPSA) is 48.1 Å². The summed E-state index contributed by atoms with van der Waals surface area (Å²) in [6.45, 7) is 0.412. The van der Waals surface area contributed by atoms with Gasteiger partial charge < -0.3 is 15.2 Å². The van der Waals surface area contributed by atoms with Gasteiger partial charge in [-0.15, -0.1) is 0 Å². The standard InChI is InChI=1S/C24H19F2N3O/c25-15-6-5-7-16(14-15)27-24(30)29-13-12-18-17-8-2-4-11-21(17)28-22(18)23(29)19-9-1-3-10-20(19)26/h1-11,14,23,28H,12-13H2,(H,27,30). The lowest BCUT2D eigenvalue weighted by Crippen LogP contribution is -2.43. The lowest BCUT2D eigenvalue weighted by molar-refractivity contribution is 0.192. The van der Waals surface area contributed by atoms with Crippen LogP contribution in [0.25, 0.3) is 10.9 Å². The first-order valence-electron chi connectivity index (χ1n) is 9.79. The number of H-pyrrole nitrogens is 1. The van der Waals surface area contributed by atoms with E-state index in [2.05, 4.69) is 10.3 Å². The van der Waals surface area contributed by atoms with Crippen LogP contribution in [0.4, 0.5) is 19.3 Å². The number of hydrogen-bond acceptors (Lipinski definition) is 1. The molecule has 4 nitrogen and oxygen atoms in total. The fourth-order valence-corrected chi connectivity index (χ4v) is 4.24. The highest BCUT2D eigenvalue weighted by molar-refractivity contribution is 5.91. The zero-order valence-corrected chi connectivity index (χ0v) is 16.0. The molecule has 3 aromatic carbocycles. The number of nitrogens with zero attached hydrogens (tertiary/aromatic N) is 1. The number of para-hydroxylation sites is 1. The first-order chi connectivity index (χ1) is 14.6. The molecular weight excluding hydrogens is 384 g/mol. The Kier molecular flexibility index (Phi) is 4.47. The van der Waals surface area contributed by atoms with Crippen molar-refractivity contribution < 1.29 is 13.6 Å². The third kappa shape index (κ3) is 3.10. The lowest BCUT2D eigenvalue weighted by atomic mass is 9.92. The average molecular weight is 403 g/mol. The van der Waals surface area contributed by atoms with Crippen LogP contribution in [0.15, 0.2) is 72.8 Å². The Balaban J connectivity index is 1.60. The second-order valence-corrected chi connectivity index (χ2v) is 7.37. The van der Waals surface area contributed by atoms with E-state index in [-0.39, 0.29) is 5.82 Å². The van der Waals surface area contributed by atoms with Gasteiger partial charge in [0.1, 0.15) is 17.7 Å². The van der Waals surface area contributed by atoms with Crippen molar-refractivity contribution in [2.24, 2.45) is 0 Å². The van der Waals surface area contributed by atoms with Gasteiger partial charge in [-0.1, -0.05) is 42.5 Å². The first kappa shape index (κ1) is 18.4. The summed E-state index contributed by atoms with van der Waals surface area (Å²) in [4.78, 5) is 18.2. The van der Waals surface area contributed by atoms with Crippen LogP contribution < -0.4 is 5.32 Å². The fraction of sp³-hybridized carbons (Fsp3) is 0.125. The molecule has 5 rings (SSSR count). The molecule has 0 saturated carbocycles. The minimum atomic E-state index is -0.615. The van der Waals surface area contributed by atoms with E-state index >= 15 is 0 Å². The van der Waals surface area contributed by atoms with Crippen LogP contribution in [0.3, 0.4) is 0 Å². The summed E-state index contributed by atoms with van der Waals surface area (Å²) in [5, 5.41) is 3.83. The van der Waals surface area contributed by atoms with Crippen molar-refractivity contribution in [2.75, 3.05) is 11.9 Å². The Morgan fingerprint density at radius 2 is 1.80 bits per heavy atom. The number of rotatable bonds is 2. The summed E-state index contributed by atoms with van der Waals surface area (Å²) in [7, 11) is 0. The number of aromatic amines is 1. The summed E-state index contributed by atoms with van der Waals surface area (Å²) in [5.74, 6) is -0.812. The number of amides is 2. The zero-order valence-electron chi connectivity index (χ0n) is 16.0. The second kappa shape index (κ2) is 7.30. The van der Waals surface area contributed by atoms with E-state index < -0.39 is 17.9 Å². The van der Waals surface area contributed by atoms with Crippen LogP contribution >= 0.6 is 0 Å². The number of nitrogens with one attached hydrogen (secondary N) is 2. The van der Waals surface area contributed by atoms with Crippen molar-refractivity contribution in [3.8, 4) is 0 Å². The van der Waals surface area contributed by atoms with Gasteiger partial charge in [0.15, 0.2) is 0 Å². The molecule has 0 fully saturated rings. The zero-order chi connectivity index (χ0) is 20.7. The highest BCUT2D eigenvalue weighted by atomic mass is 19.1. The maximum Gasteiger partial charge on any atom is 0.322 e. The molecule has 150 valence electrons. The molecule has 4 aromatic rings. The van der Waals surface area contributed by atoms with E-state index in [1.807, 2.05) is 24.3 Å². The van der Waals surface area contributed by atoms with Gasteiger partial charge >= 0.3 is 6.03 Å². The molecule has 0 saturated heterocycles. The largest absolute Gasteiger partial charge is 0.356 e. The average Bonchev–Trinajstić information content (AvgIpc) is 3.12. The Labute approximate surface area is 172 Å².